The zero-order valence-corrected chi connectivity index (χ0v) is 20.0. The van der Waals surface area contributed by atoms with Crippen LogP contribution in [0.15, 0.2) is 59.8 Å². The number of hydrogen-bond acceptors (Lipinski definition) is 6. The van der Waals surface area contributed by atoms with Gasteiger partial charge in [0.1, 0.15) is 18.9 Å². The van der Waals surface area contributed by atoms with Crippen molar-refractivity contribution in [1.82, 2.24) is 15.1 Å². The van der Waals surface area contributed by atoms with Crippen LogP contribution < -0.4 is 15.0 Å². The Bertz CT molecular complexity index is 1170. The van der Waals surface area contributed by atoms with Crippen molar-refractivity contribution in [3.63, 3.8) is 0 Å². The molecule has 0 bridgehead atoms. The van der Waals surface area contributed by atoms with Gasteiger partial charge in [0.2, 0.25) is 5.91 Å². The smallest absolute Gasteiger partial charge is 0.338 e. The van der Waals surface area contributed by atoms with E-state index in [2.05, 4.69) is 10.2 Å². The number of amides is 3. The number of benzene rings is 2. The molecule has 3 aliphatic heterocycles. The Morgan fingerprint density at radius 3 is 2.40 bits per heavy atom. The van der Waals surface area contributed by atoms with E-state index in [1.54, 1.807) is 36.3 Å². The molecule has 3 aliphatic rings. The lowest BCUT2D eigenvalue weighted by molar-refractivity contribution is -0.136. The number of carbonyl (C=O) groups excluding carboxylic acids is 3. The Morgan fingerprint density at radius 2 is 1.74 bits per heavy atom. The van der Waals surface area contributed by atoms with Crippen LogP contribution in [-0.4, -0.2) is 74.1 Å². The van der Waals surface area contributed by atoms with Gasteiger partial charge < -0.3 is 24.6 Å². The molecule has 1 saturated heterocycles. The molecule has 0 unspecified atom stereocenters. The van der Waals surface area contributed by atoms with Crippen LogP contribution in [0.1, 0.15) is 11.6 Å². The maximum absolute atomic E-state index is 13.1. The lowest BCUT2D eigenvalue weighted by atomic mass is 9.96. The van der Waals surface area contributed by atoms with Gasteiger partial charge in [-0.05, 0) is 42.0 Å². The molecule has 0 spiro atoms. The van der Waals surface area contributed by atoms with Gasteiger partial charge in [-0.3, -0.25) is 9.69 Å². The Labute approximate surface area is 207 Å². The molecule has 10 heteroatoms. The van der Waals surface area contributed by atoms with Crippen molar-refractivity contribution in [3.8, 4) is 5.75 Å². The van der Waals surface area contributed by atoms with E-state index in [-0.39, 0.29) is 19.1 Å². The van der Waals surface area contributed by atoms with Crippen LogP contribution in [0.25, 0.3) is 0 Å². The molecule has 3 heterocycles. The third-order valence-corrected chi connectivity index (χ3v) is 6.82. The predicted molar refractivity (Wildman–Crippen MR) is 129 cm³/mol. The summed E-state index contributed by atoms with van der Waals surface area (Å²) in [5.74, 6) is 0.125. The minimum Gasteiger partial charge on any atom is -0.497 e. The van der Waals surface area contributed by atoms with Crippen LogP contribution in [0.4, 0.5) is 10.5 Å². The highest BCUT2D eigenvalue weighted by Gasteiger charge is 2.43. The number of rotatable bonds is 5. The largest absolute Gasteiger partial charge is 0.497 e. The van der Waals surface area contributed by atoms with E-state index in [9.17, 15) is 14.4 Å². The number of nitrogens with zero attached hydrogens (tertiary/aromatic N) is 3. The van der Waals surface area contributed by atoms with Crippen molar-refractivity contribution >= 4 is 35.2 Å². The van der Waals surface area contributed by atoms with Gasteiger partial charge in [-0.1, -0.05) is 23.7 Å². The highest BCUT2D eigenvalue weighted by molar-refractivity contribution is 6.30. The van der Waals surface area contributed by atoms with Crippen LogP contribution in [-0.2, 0) is 14.3 Å². The molecular formula is C25H25ClN4O5. The van der Waals surface area contributed by atoms with Crippen molar-refractivity contribution < 1.29 is 23.9 Å². The molecule has 5 rings (SSSR count). The lowest BCUT2D eigenvalue weighted by Crippen LogP contribution is -2.54. The van der Waals surface area contributed by atoms with Crippen LogP contribution in [0.5, 0.6) is 5.75 Å². The molecular weight excluding hydrogens is 472 g/mol. The van der Waals surface area contributed by atoms with E-state index in [0.29, 0.717) is 42.5 Å². The van der Waals surface area contributed by atoms with Gasteiger partial charge >= 0.3 is 12.0 Å². The fraction of sp³-hybridized carbons (Fsp3) is 0.320. The predicted octanol–water partition coefficient (Wildman–Crippen LogP) is 2.57. The molecule has 2 aromatic carbocycles. The van der Waals surface area contributed by atoms with Crippen LogP contribution in [0.2, 0.25) is 5.02 Å². The highest BCUT2D eigenvalue weighted by Crippen LogP contribution is 2.35. The number of carbonyl (C=O) groups is 3. The number of piperazine rings is 1. The minimum absolute atomic E-state index is 0.0375. The normalized spacial score (nSPS) is 19.9. The molecule has 0 radical (unpaired) electrons. The monoisotopic (exact) mass is 496 g/mol. The van der Waals surface area contributed by atoms with Crippen molar-refractivity contribution in [3.05, 3.63) is 70.4 Å². The number of ether oxygens (including phenoxy) is 2. The number of cyclic esters (lactones) is 1. The Hall–Kier alpha value is -3.72. The minimum atomic E-state index is -0.649. The quantitative estimate of drug-likeness (QED) is 0.640. The summed E-state index contributed by atoms with van der Waals surface area (Å²) in [4.78, 5) is 43.9. The second-order valence-electron chi connectivity index (χ2n) is 8.52. The van der Waals surface area contributed by atoms with Gasteiger partial charge in [0.15, 0.2) is 0 Å². The van der Waals surface area contributed by atoms with Gasteiger partial charge in [-0.25, -0.2) is 9.59 Å². The van der Waals surface area contributed by atoms with E-state index in [1.807, 2.05) is 24.3 Å². The fourth-order valence-corrected chi connectivity index (χ4v) is 4.75. The summed E-state index contributed by atoms with van der Waals surface area (Å²) in [6.45, 7) is 2.24. The van der Waals surface area contributed by atoms with Crippen LogP contribution in [0, 0.1) is 0 Å². The SMILES string of the molecule is COc1ccc(N2CCN(C(=O)CN3C(=O)N[C@H](c4ccc(Cl)cc4)C4=C3COC4=O)CC2)cc1. The second kappa shape index (κ2) is 9.50. The van der Waals surface area contributed by atoms with E-state index in [0.717, 1.165) is 17.0 Å². The second-order valence-corrected chi connectivity index (χ2v) is 8.96. The lowest BCUT2D eigenvalue weighted by Gasteiger charge is -2.38. The topological polar surface area (TPSA) is 91.4 Å². The van der Waals surface area contributed by atoms with Gasteiger partial charge in [0.25, 0.3) is 0 Å². The summed E-state index contributed by atoms with van der Waals surface area (Å²) in [6.07, 6.45) is 0. The molecule has 1 atom stereocenters. The van der Waals surface area contributed by atoms with Crippen molar-refractivity contribution in [1.29, 1.82) is 0 Å². The first kappa shape index (κ1) is 23.0. The first-order chi connectivity index (χ1) is 16.9. The van der Waals surface area contributed by atoms with E-state index in [1.165, 1.54) is 4.90 Å². The molecule has 0 aliphatic carbocycles. The summed E-state index contributed by atoms with van der Waals surface area (Å²) < 4.78 is 10.5. The summed E-state index contributed by atoms with van der Waals surface area (Å²) in [5.41, 5.74) is 2.57. The van der Waals surface area contributed by atoms with Gasteiger partial charge in [-0.2, -0.15) is 0 Å². The molecule has 182 valence electrons. The third kappa shape index (κ3) is 4.51. The van der Waals surface area contributed by atoms with Crippen molar-refractivity contribution in [2.45, 2.75) is 6.04 Å². The highest BCUT2D eigenvalue weighted by atomic mass is 35.5. The first-order valence-electron chi connectivity index (χ1n) is 11.3. The summed E-state index contributed by atoms with van der Waals surface area (Å²) in [5, 5.41) is 3.40. The third-order valence-electron chi connectivity index (χ3n) is 6.56. The number of halogens is 1. The number of esters is 1. The van der Waals surface area contributed by atoms with Crippen molar-refractivity contribution in [2.75, 3.05) is 51.3 Å². The number of anilines is 1. The maximum atomic E-state index is 13.1. The summed E-state index contributed by atoms with van der Waals surface area (Å²) >= 11 is 5.98. The first-order valence-corrected chi connectivity index (χ1v) is 11.7. The van der Waals surface area contributed by atoms with E-state index < -0.39 is 18.0 Å². The van der Waals surface area contributed by atoms with Gasteiger partial charge in [-0.15, -0.1) is 0 Å². The Balaban J connectivity index is 1.27. The van der Waals surface area contributed by atoms with Gasteiger partial charge in [0.05, 0.1) is 24.4 Å². The average Bonchev–Trinajstić information content (AvgIpc) is 3.27. The van der Waals surface area contributed by atoms with Crippen LogP contribution >= 0.6 is 11.6 Å². The molecule has 0 saturated carbocycles. The van der Waals surface area contributed by atoms with Crippen LogP contribution in [0.3, 0.4) is 0 Å². The summed E-state index contributed by atoms with van der Waals surface area (Å²) in [6, 6.07) is 13.6. The molecule has 1 fully saturated rings. The zero-order valence-electron chi connectivity index (χ0n) is 19.2. The Kier molecular flexibility index (Phi) is 6.25. The Morgan fingerprint density at radius 1 is 1.06 bits per heavy atom. The number of hydrogen-bond donors (Lipinski definition) is 1. The molecule has 0 aromatic heterocycles. The standard InChI is InChI=1S/C25H25ClN4O5/c1-34-19-8-6-18(7-9-19)28-10-12-29(13-11-28)21(31)14-30-20-15-35-24(32)22(20)23(27-25(30)33)16-2-4-17(26)5-3-16/h2-9,23H,10-15H2,1H3,(H,27,33)/t23-/m1/s1. The average molecular weight is 497 g/mol. The molecule has 1 N–H and O–H groups in total. The number of nitrogens with one attached hydrogen (secondary N) is 1. The zero-order chi connectivity index (χ0) is 24.5. The number of urea groups is 1. The molecule has 3 amide bonds. The molecule has 35 heavy (non-hydrogen) atoms. The molecule has 9 nitrogen and oxygen atoms in total. The van der Waals surface area contributed by atoms with E-state index >= 15 is 0 Å². The van der Waals surface area contributed by atoms with Gasteiger partial charge in [0, 0.05) is 36.9 Å². The molecule has 2 aromatic rings. The van der Waals surface area contributed by atoms with E-state index in [4.69, 9.17) is 21.1 Å². The maximum Gasteiger partial charge on any atom is 0.338 e. The fourth-order valence-electron chi connectivity index (χ4n) is 4.63. The summed E-state index contributed by atoms with van der Waals surface area (Å²) in [7, 11) is 1.63. The van der Waals surface area contributed by atoms with Crippen molar-refractivity contribution in [2.24, 2.45) is 0 Å². The number of methoxy groups -OCH3 is 1.